The standard InChI is InChI=1S/C30H38N2O6/c1-4-7-16-36-23-11-8-10-21(19-23)27-26(28(33)22-12-13-24-25(20-22)38-18-17-37-24)29(34)30(35)32(27)15-9-14-31(5-2)6-3/h8,10-13,19-20,27,33H,4-7,9,14-18H2,1-3H3. The van der Waals surface area contributed by atoms with E-state index in [-0.39, 0.29) is 5.57 Å². The molecule has 1 atom stereocenters. The first kappa shape index (κ1) is 27.5. The first-order valence-corrected chi connectivity index (χ1v) is 13.7. The summed E-state index contributed by atoms with van der Waals surface area (Å²) in [6.07, 6.45) is 2.66. The van der Waals surface area contributed by atoms with Crippen LogP contribution in [0.1, 0.15) is 57.2 Å². The third-order valence-electron chi connectivity index (χ3n) is 7.20. The average molecular weight is 523 g/mol. The van der Waals surface area contributed by atoms with Crippen LogP contribution in [-0.2, 0) is 9.59 Å². The zero-order valence-corrected chi connectivity index (χ0v) is 22.6. The van der Waals surface area contributed by atoms with Gasteiger partial charge in [-0.1, -0.05) is 37.3 Å². The van der Waals surface area contributed by atoms with Gasteiger partial charge in [-0.05, 0) is 55.7 Å². The molecule has 0 spiro atoms. The molecule has 1 saturated heterocycles. The van der Waals surface area contributed by atoms with E-state index in [0.717, 1.165) is 38.9 Å². The molecule has 1 unspecified atom stereocenters. The second kappa shape index (κ2) is 12.8. The number of ether oxygens (including phenoxy) is 3. The van der Waals surface area contributed by atoms with Crippen molar-refractivity contribution < 1.29 is 33.8 Å². The van der Waals surface area contributed by atoms with Crippen molar-refractivity contribution >= 4 is 17.4 Å². The van der Waals surface area contributed by atoms with Gasteiger partial charge < -0.3 is 29.1 Å². The van der Waals surface area contributed by atoms with Crippen molar-refractivity contribution in [3.8, 4) is 17.2 Å². The predicted molar refractivity (Wildman–Crippen MR) is 142 cm³/mol. The van der Waals surface area contributed by atoms with Gasteiger partial charge in [0.25, 0.3) is 5.91 Å². The minimum Gasteiger partial charge on any atom is -0.872 e. The number of amides is 1. The maximum atomic E-state index is 13.8. The van der Waals surface area contributed by atoms with E-state index < -0.39 is 23.5 Å². The summed E-state index contributed by atoms with van der Waals surface area (Å²) in [4.78, 5) is 29.6. The van der Waals surface area contributed by atoms with E-state index in [1.165, 1.54) is 4.90 Å². The number of carbonyl (C=O) groups excluding carboxylic acids is 2. The summed E-state index contributed by atoms with van der Waals surface area (Å²) < 4.78 is 17.1. The number of carbonyl (C=O) groups is 2. The van der Waals surface area contributed by atoms with Crippen molar-refractivity contribution in [2.45, 2.75) is 46.1 Å². The maximum Gasteiger partial charge on any atom is 0.295 e. The van der Waals surface area contributed by atoms with Gasteiger partial charge in [0.1, 0.15) is 19.0 Å². The largest absolute Gasteiger partial charge is 0.872 e. The van der Waals surface area contributed by atoms with Gasteiger partial charge in [-0.25, -0.2) is 0 Å². The number of Topliss-reactive ketones (excluding diaryl/α,β-unsaturated/α-hetero) is 1. The number of nitrogens with zero attached hydrogens (tertiary/aromatic N) is 1. The summed E-state index contributed by atoms with van der Waals surface area (Å²) in [6.45, 7) is 11.0. The summed E-state index contributed by atoms with van der Waals surface area (Å²) in [5.41, 5.74) is 0.946. The lowest BCUT2D eigenvalue weighted by atomic mass is 9.95. The average Bonchev–Trinajstić information content (AvgIpc) is 3.20. The number of benzene rings is 2. The van der Waals surface area contributed by atoms with Crippen molar-refractivity contribution in [1.82, 2.24) is 4.90 Å². The van der Waals surface area contributed by atoms with Crippen molar-refractivity contribution in [1.29, 1.82) is 0 Å². The molecule has 0 saturated carbocycles. The monoisotopic (exact) mass is 522 g/mol. The normalized spacial score (nSPS) is 18.3. The molecular weight excluding hydrogens is 484 g/mol. The van der Waals surface area contributed by atoms with Crippen LogP contribution < -0.4 is 24.2 Å². The molecule has 8 nitrogen and oxygen atoms in total. The van der Waals surface area contributed by atoms with Crippen LogP contribution in [0.25, 0.3) is 5.76 Å². The van der Waals surface area contributed by atoms with Crippen LogP contribution in [0.2, 0.25) is 0 Å². The number of hydrogen-bond acceptors (Lipinski definition) is 6. The van der Waals surface area contributed by atoms with E-state index in [9.17, 15) is 14.7 Å². The zero-order chi connectivity index (χ0) is 27.1. The predicted octanol–water partition coefficient (Wildman–Crippen LogP) is 2.18. The van der Waals surface area contributed by atoms with Gasteiger partial charge in [-0.15, -0.1) is 0 Å². The molecule has 0 aliphatic carbocycles. The molecule has 4 rings (SSSR count). The van der Waals surface area contributed by atoms with E-state index in [2.05, 4.69) is 20.8 Å². The highest BCUT2D eigenvalue weighted by Gasteiger charge is 2.44. The molecule has 1 fully saturated rings. The summed E-state index contributed by atoms with van der Waals surface area (Å²) in [5, 5.41) is 13.8. The van der Waals surface area contributed by atoms with E-state index in [0.29, 0.717) is 54.7 Å². The van der Waals surface area contributed by atoms with Crippen molar-refractivity contribution in [3.05, 3.63) is 59.2 Å². The van der Waals surface area contributed by atoms with E-state index >= 15 is 0 Å². The number of quaternary nitrogens is 1. The van der Waals surface area contributed by atoms with Gasteiger partial charge in [-0.2, -0.15) is 0 Å². The third-order valence-corrected chi connectivity index (χ3v) is 7.20. The van der Waals surface area contributed by atoms with Gasteiger partial charge >= 0.3 is 0 Å². The van der Waals surface area contributed by atoms with Crippen molar-refractivity contribution in [3.63, 3.8) is 0 Å². The molecule has 204 valence electrons. The Morgan fingerprint density at radius 2 is 1.79 bits per heavy atom. The number of likely N-dealkylation sites (tertiary alicyclic amines) is 1. The number of fused-ring (bicyclic) bond motifs is 1. The Kier molecular flexibility index (Phi) is 9.29. The lowest BCUT2D eigenvalue weighted by Gasteiger charge is -2.28. The van der Waals surface area contributed by atoms with Gasteiger partial charge in [-0.3, -0.25) is 9.59 Å². The van der Waals surface area contributed by atoms with Gasteiger partial charge in [0, 0.05) is 18.5 Å². The van der Waals surface area contributed by atoms with Crippen LogP contribution in [0.15, 0.2) is 48.0 Å². The fraction of sp³-hybridized carbons (Fsp3) is 0.467. The lowest BCUT2D eigenvalue weighted by molar-refractivity contribution is -0.896. The highest BCUT2D eigenvalue weighted by molar-refractivity contribution is 6.46. The first-order chi connectivity index (χ1) is 18.5. The molecule has 2 aliphatic rings. The van der Waals surface area contributed by atoms with Crippen LogP contribution in [0.4, 0.5) is 0 Å². The quantitative estimate of drug-likeness (QED) is 0.199. The number of ketones is 1. The second-order valence-corrected chi connectivity index (χ2v) is 9.67. The molecule has 8 heteroatoms. The van der Waals surface area contributed by atoms with Crippen LogP contribution in [0.3, 0.4) is 0 Å². The van der Waals surface area contributed by atoms with E-state index in [1.807, 2.05) is 24.3 Å². The highest BCUT2D eigenvalue weighted by Crippen LogP contribution is 2.41. The molecule has 2 aromatic rings. The molecule has 0 bridgehead atoms. The summed E-state index contributed by atoms with van der Waals surface area (Å²) in [7, 11) is 0. The Morgan fingerprint density at radius 1 is 1.03 bits per heavy atom. The van der Waals surface area contributed by atoms with Gasteiger partial charge in [0.15, 0.2) is 11.5 Å². The van der Waals surface area contributed by atoms with E-state index in [4.69, 9.17) is 14.2 Å². The Hall–Kier alpha value is -3.52. The highest BCUT2D eigenvalue weighted by atomic mass is 16.6. The van der Waals surface area contributed by atoms with Gasteiger partial charge in [0.2, 0.25) is 5.78 Å². The Labute approximate surface area is 224 Å². The maximum absolute atomic E-state index is 13.8. The fourth-order valence-electron chi connectivity index (χ4n) is 5.00. The van der Waals surface area contributed by atoms with Crippen molar-refractivity contribution in [2.75, 3.05) is 46.0 Å². The Morgan fingerprint density at radius 3 is 2.53 bits per heavy atom. The van der Waals surface area contributed by atoms with Gasteiger partial charge in [0.05, 0.1) is 32.3 Å². The second-order valence-electron chi connectivity index (χ2n) is 9.67. The minimum absolute atomic E-state index is 0.0347. The molecule has 0 aromatic heterocycles. The van der Waals surface area contributed by atoms with Crippen LogP contribution in [0, 0.1) is 0 Å². The Bertz CT molecular complexity index is 1170. The lowest BCUT2D eigenvalue weighted by Crippen LogP contribution is -3.11. The molecule has 1 amide bonds. The molecule has 0 radical (unpaired) electrons. The summed E-state index contributed by atoms with van der Waals surface area (Å²) in [6, 6.07) is 11.5. The third kappa shape index (κ3) is 5.96. The molecule has 2 aromatic carbocycles. The smallest absolute Gasteiger partial charge is 0.295 e. The fourth-order valence-corrected chi connectivity index (χ4v) is 5.00. The van der Waals surface area contributed by atoms with Crippen LogP contribution in [0.5, 0.6) is 17.2 Å². The topological polar surface area (TPSA) is 92.6 Å². The molecule has 1 N–H and O–H groups in total. The summed E-state index contributed by atoms with van der Waals surface area (Å²) in [5.74, 6) is -0.187. The SMILES string of the molecule is CCCCOc1cccc(C2C(=C([O-])c3ccc4c(c3)OCCO4)C(=O)C(=O)N2CCC[NH+](CC)CC)c1. The first-order valence-electron chi connectivity index (χ1n) is 13.7. The zero-order valence-electron chi connectivity index (χ0n) is 22.6. The summed E-state index contributed by atoms with van der Waals surface area (Å²) >= 11 is 0. The number of rotatable bonds is 12. The molecule has 2 aliphatic heterocycles. The van der Waals surface area contributed by atoms with Crippen molar-refractivity contribution in [2.24, 2.45) is 0 Å². The molecular formula is C30H38N2O6. The van der Waals surface area contributed by atoms with Crippen LogP contribution in [-0.4, -0.2) is 62.6 Å². The molecule has 2 heterocycles. The number of nitrogens with one attached hydrogen (secondary N) is 1. The Balaban J connectivity index is 1.72. The molecule has 38 heavy (non-hydrogen) atoms. The van der Waals surface area contributed by atoms with E-state index in [1.54, 1.807) is 23.1 Å². The van der Waals surface area contributed by atoms with Crippen LogP contribution >= 0.6 is 0 Å². The minimum atomic E-state index is -0.780. The number of unbranched alkanes of at least 4 members (excludes halogenated alkanes) is 1. The number of hydrogen-bond donors (Lipinski definition) is 1.